The molecule has 0 unspecified atom stereocenters. The molecular weight excluding hydrogens is 175 g/mol. The molecule has 0 bridgehead atoms. The Hall–Kier alpha value is 0.0200. The summed E-state index contributed by atoms with van der Waals surface area (Å²) in [6, 6.07) is 0. The minimum absolute atomic E-state index is 1.08. The average molecular weight is 193 g/mol. The fraction of sp³-hybridized carbons (Fsp3) is 1.00. The maximum atomic E-state index is 8.70. The molecule has 0 heterocycles. The van der Waals surface area contributed by atoms with E-state index in [2.05, 4.69) is 13.8 Å². The van der Waals surface area contributed by atoms with Gasteiger partial charge >= 0.3 is 8.25 Å². The first-order valence-electron chi connectivity index (χ1n) is 4.37. The Kier molecular flexibility index (Phi) is 6.54. The third-order valence-corrected chi connectivity index (χ3v) is 1.73. The Bertz CT molecular complexity index is 116. The summed E-state index contributed by atoms with van der Waals surface area (Å²) in [5.74, 6) is 2.17. The van der Waals surface area contributed by atoms with Crippen molar-refractivity contribution in [2.75, 3.05) is 0 Å². The van der Waals surface area contributed by atoms with E-state index in [1.807, 2.05) is 0 Å². The predicted molar refractivity (Wildman–Crippen MR) is 48.8 cm³/mol. The Morgan fingerprint density at radius 3 is 1.08 bits per heavy atom. The van der Waals surface area contributed by atoms with E-state index < -0.39 is 8.25 Å². The SMILES string of the molecule is CC1CC1.CC1CC1.O=[P+](O)O. The van der Waals surface area contributed by atoms with Crippen LogP contribution >= 0.6 is 8.25 Å². The van der Waals surface area contributed by atoms with E-state index in [4.69, 9.17) is 14.4 Å². The zero-order valence-corrected chi connectivity index (χ0v) is 8.63. The zero-order chi connectivity index (χ0) is 9.56. The summed E-state index contributed by atoms with van der Waals surface area (Å²) >= 11 is 0. The van der Waals surface area contributed by atoms with Gasteiger partial charge in [-0.15, -0.1) is 9.79 Å². The molecule has 0 aromatic heterocycles. The molecule has 0 radical (unpaired) electrons. The van der Waals surface area contributed by atoms with Crippen molar-refractivity contribution in [2.24, 2.45) is 11.8 Å². The summed E-state index contributed by atoms with van der Waals surface area (Å²) in [6.45, 7) is 4.56. The van der Waals surface area contributed by atoms with Crippen LogP contribution in [0.25, 0.3) is 0 Å². The van der Waals surface area contributed by atoms with E-state index in [1.165, 1.54) is 25.7 Å². The fourth-order valence-electron chi connectivity index (χ4n) is 0.333. The van der Waals surface area contributed by atoms with Crippen LogP contribution < -0.4 is 0 Å². The molecule has 0 saturated heterocycles. The number of hydrogen-bond acceptors (Lipinski definition) is 1. The van der Waals surface area contributed by atoms with Gasteiger partial charge in [-0.2, -0.15) is 0 Å². The Morgan fingerprint density at radius 1 is 1.00 bits per heavy atom. The first-order chi connectivity index (χ1) is 5.52. The second kappa shape index (κ2) is 6.53. The maximum absolute atomic E-state index is 8.70. The van der Waals surface area contributed by atoms with E-state index in [1.54, 1.807) is 0 Å². The molecule has 2 N–H and O–H groups in total. The van der Waals surface area contributed by atoms with Gasteiger partial charge in [0.1, 0.15) is 0 Å². The van der Waals surface area contributed by atoms with Crippen LogP contribution in [0.1, 0.15) is 39.5 Å². The molecule has 3 nitrogen and oxygen atoms in total. The quantitative estimate of drug-likeness (QED) is 0.581. The van der Waals surface area contributed by atoms with Crippen molar-refractivity contribution in [3.63, 3.8) is 0 Å². The lowest BCUT2D eigenvalue weighted by Gasteiger charge is -1.53. The van der Waals surface area contributed by atoms with Crippen molar-refractivity contribution in [3.8, 4) is 0 Å². The topological polar surface area (TPSA) is 57.5 Å². The molecule has 2 aliphatic rings. The highest BCUT2D eigenvalue weighted by molar-refractivity contribution is 7.30. The van der Waals surface area contributed by atoms with Gasteiger partial charge in [0.15, 0.2) is 0 Å². The second-order valence-corrected chi connectivity index (χ2v) is 4.12. The lowest BCUT2D eigenvalue weighted by Crippen LogP contribution is -1.42. The van der Waals surface area contributed by atoms with Gasteiger partial charge in [0, 0.05) is 4.57 Å². The Balaban J connectivity index is 0.000000151. The maximum Gasteiger partial charge on any atom is 0.692 e. The molecular formula is C8H18O3P+. The third kappa shape index (κ3) is 22.5. The lowest BCUT2D eigenvalue weighted by atomic mass is 10.5. The van der Waals surface area contributed by atoms with Crippen LogP contribution in [0, 0.1) is 11.8 Å². The monoisotopic (exact) mass is 193 g/mol. The van der Waals surface area contributed by atoms with Crippen LogP contribution in [0.15, 0.2) is 0 Å². The zero-order valence-electron chi connectivity index (χ0n) is 7.73. The van der Waals surface area contributed by atoms with Crippen molar-refractivity contribution in [1.82, 2.24) is 0 Å². The molecule has 0 atom stereocenters. The molecule has 0 amide bonds. The van der Waals surface area contributed by atoms with Gasteiger partial charge in [0.2, 0.25) is 0 Å². The first kappa shape index (κ1) is 12.0. The molecule has 0 aromatic rings. The molecule has 0 aromatic carbocycles. The largest absolute Gasteiger partial charge is 0.692 e. The molecule has 2 saturated carbocycles. The molecule has 0 aliphatic heterocycles. The summed E-state index contributed by atoms with van der Waals surface area (Å²) in [7, 11) is -2.87. The van der Waals surface area contributed by atoms with Gasteiger partial charge in [-0.3, -0.25) is 0 Å². The summed E-state index contributed by atoms with van der Waals surface area (Å²) in [6.07, 6.45) is 5.94. The molecule has 0 spiro atoms. The van der Waals surface area contributed by atoms with Crippen molar-refractivity contribution in [2.45, 2.75) is 39.5 Å². The van der Waals surface area contributed by atoms with Crippen molar-refractivity contribution in [3.05, 3.63) is 0 Å². The van der Waals surface area contributed by atoms with Gasteiger partial charge < -0.3 is 0 Å². The van der Waals surface area contributed by atoms with E-state index in [0.717, 1.165) is 11.8 Å². The molecule has 12 heavy (non-hydrogen) atoms. The van der Waals surface area contributed by atoms with Crippen molar-refractivity contribution < 1.29 is 14.4 Å². The summed E-state index contributed by atoms with van der Waals surface area (Å²) in [4.78, 5) is 14.2. The third-order valence-electron chi connectivity index (χ3n) is 1.73. The smallest absolute Gasteiger partial charge is 0.134 e. The van der Waals surface area contributed by atoms with Crippen LogP contribution in [-0.2, 0) is 4.57 Å². The number of rotatable bonds is 0. The van der Waals surface area contributed by atoms with Gasteiger partial charge in [0.25, 0.3) is 0 Å². The fourth-order valence-corrected chi connectivity index (χ4v) is 0.333. The molecule has 2 rings (SSSR count). The van der Waals surface area contributed by atoms with Crippen LogP contribution in [0.5, 0.6) is 0 Å². The Labute approximate surface area is 74.8 Å². The molecule has 2 aliphatic carbocycles. The van der Waals surface area contributed by atoms with Crippen LogP contribution in [-0.4, -0.2) is 9.79 Å². The summed E-state index contributed by atoms with van der Waals surface area (Å²) in [5, 5.41) is 0. The highest BCUT2D eigenvalue weighted by Crippen LogP contribution is 2.27. The van der Waals surface area contributed by atoms with Crippen molar-refractivity contribution >= 4 is 8.25 Å². The summed E-state index contributed by atoms with van der Waals surface area (Å²) < 4.78 is 8.70. The molecule has 2 fully saturated rings. The van der Waals surface area contributed by atoms with E-state index >= 15 is 0 Å². The Morgan fingerprint density at radius 2 is 1.08 bits per heavy atom. The van der Waals surface area contributed by atoms with Gasteiger partial charge in [-0.05, 0) is 11.8 Å². The average Bonchev–Trinajstić information content (AvgIpc) is 2.72. The highest BCUT2D eigenvalue weighted by atomic mass is 31.1. The van der Waals surface area contributed by atoms with Crippen LogP contribution in [0.4, 0.5) is 0 Å². The lowest BCUT2D eigenvalue weighted by molar-refractivity contribution is 0.405. The van der Waals surface area contributed by atoms with E-state index in [-0.39, 0.29) is 0 Å². The molecule has 4 heteroatoms. The minimum Gasteiger partial charge on any atom is -0.134 e. The van der Waals surface area contributed by atoms with E-state index in [0.29, 0.717) is 0 Å². The van der Waals surface area contributed by atoms with Crippen LogP contribution in [0.3, 0.4) is 0 Å². The van der Waals surface area contributed by atoms with Gasteiger partial charge in [-0.1, -0.05) is 39.5 Å². The summed E-state index contributed by atoms with van der Waals surface area (Å²) in [5.41, 5.74) is 0. The van der Waals surface area contributed by atoms with Gasteiger partial charge in [0.05, 0.1) is 0 Å². The van der Waals surface area contributed by atoms with Gasteiger partial charge in [-0.25, -0.2) is 0 Å². The highest BCUT2D eigenvalue weighted by Gasteiger charge is 2.13. The normalized spacial score (nSPS) is 19.7. The van der Waals surface area contributed by atoms with Crippen LogP contribution in [0.2, 0.25) is 0 Å². The van der Waals surface area contributed by atoms with E-state index in [9.17, 15) is 0 Å². The standard InChI is InChI=1S/2C4H8.HO3P/c2*1-4-2-3-4;1-4(2)3/h2*4H,2-3H2,1H3;(H-,1,2,3)/p+1. The molecule has 72 valence electrons. The predicted octanol–water partition coefficient (Wildman–Crippen LogP) is 2.46. The van der Waals surface area contributed by atoms with Crippen molar-refractivity contribution in [1.29, 1.82) is 0 Å². The number of hydrogen-bond donors (Lipinski definition) is 2. The first-order valence-corrected chi connectivity index (χ1v) is 5.54. The minimum atomic E-state index is -2.87. The second-order valence-electron chi connectivity index (χ2n) is 3.62.